The van der Waals surface area contributed by atoms with E-state index in [1.165, 1.54) is 30.1 Å². The molecule has 230 valence electrons. The van der Waals surface area contributed by atoms with Gasteiger partial charge in [-0.1, -0.05) is 67.3 Å². The standard InChI is InChI=1S/C35H31F2N3O4S/c1-3-5-16-38-22-40(39-17-15-27(41)34(33(39)35(38)42)44-20-23-11-7-6-8-12-23)32-24-13-9-10-14-29(24)45-21-25-30(32)28(43-18-4-2)19-26(36)31(25)37/h3-4,6-15,17,19,32H,1-2,5,16,18,20-22H2. The summed E-state index contributed by atoms with van der Waals surface area (Å²) in [6, 6.07) is 18.6. The molecule has 1 aromatic heterocycles. The summed E-state index contributed by atoms with van der Waals surface area (Å²) < 4.78 is 44.4. The molecule has 45 heavy (non-hydrogen) atoms. The number of rotatable bonds is 10. The number of benzene rings is 3. The van der Waals surface area contributed by atoms with Crippen molar-refractivity contribution in [3.63, 3.8) is 0 Å². The molecule has 0 spiro atoms. The van der Waals surface area contributed by atoms with Gasteiger partial charge in [-0.05, 0) is 23.6 Å². The van der Waals surface area contributed by atoms with E-state index in [0.29, 0.717) is 18.5 Å². The van der Waals surface area contributed by atoms with E-state index in [9.17, 15) is 9.59 Å². The fourth-order valence-electron chi connectivity index (χ4n) is 5.70. The molecule has 1 atom stereocenters. The Morgan fingerprint density at radius 2 is 1.76 bits per heavy atom. The Kier molecular flexibility index (Phi) is 8.75. The van der Waals surface area contributed by atoms with Crippen LogP contribution in [0.25, 0.3) is 0 Å². The van der Waals surface area contributed by atoms with E-state index in [1.54, 1.807) is 15.7 Å². The largest absolute Gasteiger partial charge is 0.489 e. The molecule has 3 aromatic carbocycles. The third-order valence-corrected chi connectivity index (χ3v) is 8.90. The minimum Gasteiger partial charge on any atom is -0.489 e. The lowest BCUT2D eigenvalue weighted by Gasteiger charge is -2.44. The maximum atomic E-state index is 15.7. The van der Waals surface area contributed by atoms with Crippen LogP contribution >= 0.6 is 11.8 Å². The van der Waals surface area contributed by atoms with Crippen LogP contribution in [0.2, 0.25) is 0 Å². The maximum Gasteiger partial charge on any atom is 0.277 e. The van der Waals surface area contributed by atoms with Crippen molar-refractivity contribution in [1.29, 1.82) is 0 Å². The van der Waals surface area contributed by atoms with Gasteiger partial charge in [0.2, 0.25) is 5.43 Å². The van der Waals surface area contributed by atoms with Gasteiger partial charge in [0.1, 0.15) is 31.7 Å². The van der Waals surface area contributed by atoms with Crippen LogP contribution in [0.5, 0.6) is 11.5 Å². The number of ether oxygens (including phenoxy) is 2. The Bertz CT molecular complexity index is 1830. The van der Waals surface area contributed by atoms with Crippen molar-refractivity contribution >= 4 is 17.7 Å². The van der Waals surface area contributed by atoms with Gasteiger partial charge in [-0.25, -0.2) is 8.78 Å². The van der Waals surface area contributed by atoms with Crippen LogP contribution in [0.4, 0.5) is 8.78 Å². The van der Waals surface area contributed by atoms with Gasteiger partial charge in [-0.3, -0.25) is 19.3 Å². The van der Waals surface area contributed by atoms with Crippen molar-refractivity contribution in [2.24, 2.45) is 0 Å². The van der Waals surface area contributed by atoms with Crippen LogP contribution in [0.3, 0.4) is 0 Å². The minimum atomic E-state index is -1.01. The molecule has 0 fully saturated rings. The molecule has 0 aliphatic carbocycles. The molecular formula is C35H31F2N3O4S. The molecule has 0 saturated carbocycles. The van der Waals surface area contributed by atoms with Crippen molar-refractivity contribution in [2.75, 3.05) is 24.8 Å². The highest BCUT2D eigenvalue weighted by Crippen LogP contribution is 2.47. The van der Waals surface area contributed by atoms with E-state index >= 15 is 8.78 Å². The van der Waals surface area contributed by atoms with Crippen molar-refractivity contribution in [2.45, 2.75) is 29.7 Å². The van der Waals surface area contributed by atoms with E-state index in [2.05, 4.69) is 13.2 Å². The Labute approximate surface area is 264 Å². The first kappa shape index (κ1) is 30.2. The molecule has 6 rings (SSSR count). The normalized spacial score (nSPS) is 15.4. The van der Waals surface area contributed by atoms with Gasteiger partial charge in [0.25, 0.3) is 5.91 Å². The fourth-order valence-corrected chi connectivity index (χ4v) is 6.80. The monoisotopic (exact) mass is 627 g/mol. The Morgan fingerprint density at radius 3 is 2.53 bits per heavy atom. The summed E-state index contributed by atoms with van der Waals surface area (Å²) in [5.41, 5.74) is 1.83. The molecule has 10 heteroatoms. The van der Waals surface area contributed by atoms with Crippen molar-refractivity contribution < 1.29 is 23.0 Å². The van der Waals surface area contributed by atoms with Gasteiger partial charge in [0, 0.05) is 46.6 Å². The van der Waals surface area contributed by atoms with Gasteiger partial charge in [0.05, 0.1) is 0 Å². The number of aromatic nitrogens is 1. The molecule has 2 aliphatic heterocycles. The number of hydrogen-bond acceptors (Lipinski definition) is 6. The molecule has 0 radical (unpaired) electrons. The third kappa shape index (κ3) is 5.73. The van der Waals surface area contributed by atoms with Crippen LogP contribution in [-0.2, 0) is 12.4 Å². The summed E-state index contributed by atoms with van der Waals surface area (Å²) in [5.74, 6) is -2.12. The van der Waals surface area contributed by atoms with Crippen molar-refractivity contribution in [1.82, 2.24) is 9.58 Å². The number of nitrogens with zero attached hydrogens (tertiary/aromatic N) is 3. The van der Waals surface area contributed by atoms with Gasteiger partial charge in [-0.15, -0.1) is 18.3 Å². The summed E-state index contributed by atoms with van der Waals surface area (Å²) >= 11 is 1.40. The van der Waals surface area contributed by atoms with E-state index in [4.69, 9.17) is 9.47 Å². The fraction of sp³-hybridized carbons (Fsp3) is 0.200. The molecule has 7 nitrogen and oxygen atoms in total. The minimum absolute atomic E-state index is 0.0424. The first-order valence-electron chi connectivity index (χ1n) is 14.5. The van der Waals surface area contributed by atoms with E-state index < -0.39 is 29.0 Å². The number of hydrogen-bond donors (Lipinski definition) is 0. The molecule has 0 bridgehead atoms. The van der Waals surface area contributed by atoms with Crippen LogP contribution in [0.15, 0.2) is 108 Å². The Hall–Kier alpha value is -4.83. The van der Waals surface area contributed by atoms with Crippen LogP contribution < -0.4 is 19.9 Å². The highest BCUT2D eigenvalue weighted by atomic mass is 32.2. The summed E-state index contributed by atoms with van der Waals surface area (Å²) in [7, 11) is 0. The molecule has 3 heterocycles. The smallest absolute Gasteiger partial charge is 0.277 e. The highest BCUT2D eigenvalue weighted by molar-refractivity contribution is 7.98. The summed E-state index contributed by atoms with van der Waals surface area (Å²) in [4.78, 5) is 29.9. The lowest BCUT2D eigenvalue weighted by molar-refractivity contribution is 0.0679. The van der Waals surface area contributed by atoms with E-state index in [-0.39, 0.29) is 48.4 Å². The molecule has 1 unspecified atom stereocenters. The molecule has 1 amide bonds. The Balaban J connectivity index is 1.59. The molecule has 0 saturated heterocycles. The number of pyridine rings is 1. The number of halogens is 2. The van der Waals surface area contributed by atoms with Crippen molar-refractivity contribution in [3.05, 3.63) is 148 Å². The topological polar surface area (TPSA) is 64.0 Å². The number of amides is 1. The Morgan fingerprint density at radius 1 is 0.978 bits per heavy atom. The van der Waals surface area contributed by atoms with Crippen molar-refractivity contribution in [3.8, 4) is 11.5 Å². The maximum absolute atomic E-state index is 15.7. The second-order valence-electron chi connectivity index (χ2n) is 10.6. The second-order valence-corrected chi connectivity index (χ2v) is 11.6. The zero-order chi connectivity index (χ0) is 31.5. The van der Waals surface area contributed by atoms with Crippen LogP contribution in [-0.4, -0.2) is 35.3 Å². The highest BCUT2D eigenvalue weighted by Gasteiger charge is 2.41. The number of fused-ring (bicyclic) bond motifs is 3. The van der Waals surface area contributed by atoms with Gasteiger partial charge in [0.15, 0.2) is 23.1 Å². The molecule has 2 aliphatic rings. The first-order valence-corrected chi connectivity index (χ1v) is 15.5. The van der Waals surface area contributed by atoms with E-state index in [1.807, 2.05) is 59.6 Å². The summed E-state index contributed by atoms with van der Waals surface area (Å²) in [6.07, 6.45) is 5.27. The zero-order valence-electron chi connectivity index (χ0n) is 24.5. The van der Waals surface area contributed by atoms with Gasteiger partial charge >= 0.3 is 0 Å². The number of carbonyl (C=O) groups is 1. The number of thioether (sulfide) groups is 1. The quantitative estimate of drug-likeness (QED) is 0.185. The third-order valence-electron chi connectivity index (χ3n) is 7.78. The van der Waals surface area contributed by atoms with Crippen LogP contribution in [0.1, 0.15) is 45.2 Å². The average molecular weight is 628 g/mol. The van der Waals surface area contributed by atoms with E-state index in [0.717, 1.165) is 22.1 Å². The SMILES string of the molecule is C=CCCN1CN(C2c3ccccc3SCc3c(F)c(F)cc(OCC=C)c32)n2ccc(=O)c(OCc3ccccc3)c2C1=O. The molecule has 0 N–H and O–H groups in total. The second kappa shape index (κ2) is 13.0. The van der Waals surface area contributed by atoms with Gasteiger partial charge in [-0.2, -0.15) is 0 Å². The molecular weight excluding hydrogens is 596 g/mol. The molecule has 4 aromatic rings. The lowest BCUT2D eigenvalue weighted by Crippen LogP contribution is -2.56. The average Bonchev–Trinajstić information content (AvgIpc) is 3.23. The predicted molar refractivity (Wildman–Crippen MR) is 170 cm³/mol. The van der Waals surface area contributed by atoms with Gasteiger partial charge < -0.3 is 14.4 Å². The number of carbonyl (C=O) groups excluding carboxylic acids is 1. The lowest BCUT2D eigenvalue weighted by atomic mass is 9.92. The zero-order valence-corrected chi connectivity index (χ0v) is 25.3. The first-order chi connectivity index (χ1) is 21.9. The predicted octanol–water partition coefficient (Wildman–Crippen LogP) is 6.59. The summed E-state index contributed by atoms with van der Waals surface area (Å²) in [6.45, 7) is 8.06. The summed E-state index contributed by atoms with van der Waals surface area (Å²) in [5, 5.41) is 1.87. The van der Waals surface area contributed by atoms with Crippen LogP contribution in [0, 0.1) is 11.6 Å².